The van der Waals surface area contributed by atoms with E-state index >= 15 is 0 Å². The van der Waals surface area contributed by atoms with Gasteiger partial charge < -0.3 is 9.74 Å². The number of nitrogens with zero attached hydrogens (tertiary/aromatic N) is 2. The fourth-order valence-corrected chi connectivity index (χ4v) is 2.93. The Kier molecular flexibility index (Phi) is 4.42. The van der Waals surface area contributed by atoms with Crippen molar-refractivity contribution in [2.45, 2.75) is 26.3 Å². The molecule has 1 aliphatic rings. The molecule has 0 spiro atoms. The van der Waals surface area contributed by atoms with Gasteiger partial charge in [-0.1, -0.05) is 47.6 Å². The molecule has 0 saturated heterocycles. The number of oxime groups is 1. The number of hydrogen-bond acceptors (Lipinski definition) is 3. The highest BCUT2D eigenvalue weighted by atomic mass is 16.6. The van der Waals surface area contributed by atoms with Crippen LogP contribution in [0.2, 0.25) is 0 Å². The first-order chi connectivity index (χ1) is 11.2. The predicted octanol–water partition coefficient (Wildman–Crippen LogP) is 3.32. The molecule has 118 valence electrons. The zero-order valence-electron chi connectivity index (χ0n) is 13.4. The van der Waals surface area contributed by atoms with Gasteiger partial charge in [0.05, 0.1) is 6.21 Å². The van der Waals surface area contributed by atoms with Gasteiger partial charge >= 0.3 is 0 Å². The summed E-state index contributed by atoms with van der Waals surface area (Å²) in [7, 11) is 0. The van der Waals surface area contributed by atoms with Gasteiger partial charge in [-0.3, -0.25) is 4.79 Å². The zero-order chi connectivity index (χ0) is 16.2. The molecule has 1 aliphatic heterocycles. The molecule has 3 rings (SSSR count). The van der Waals surface area contributed by atoms with Crippen LogP contribution in [0.4, 0.5) is 5.69 Å². The molecule has 0 radical (unpaired) electrons. The number of aryl methyl sites for hydroxylation is 1. The molecular weight excluding hydrogens is 288 g/mol. The van der Waals surface area contributed by atoms with E-state index in [-0.39, 0.29) is 18.6 Å². The first kappa shape index (κ1) is 15.3. The average molecular weight is 308 g/mol. The number of carbonyl (C=O) groups excluding carboxylic acids is 1. The second kappa shape index (κ2) is 6.65. The summed E-state index contributed by atoms with van der Waals surface area (Å²) < 4.78 is 0. The summed E-state index contributed by atoms with van der Waals surface area (Å²) in [4.78, 5) is 19.4. The van der Waals surface area contributed by atoms with Crippen LogP contribution in [0.3, 0.4) is 0 Å². The minimum Gasteiger partial charge on any atom is -0.386 e. The van der Waals surface area contributed by atoms with Gasteiger partial charge in [0.15, 0.2) is 6.61 Å². The highest BCUT2D eigenvalue weighted by Crippen LogP contribution is 2.31. The minimum absolute atomic E-state index is 0.0545. The smallest absolute Gasteiger partial charge is 0.268 e. The lowest BCUT2D eigenvalue weighted by Gasteiger charge is -2.21. The molecule has 23 heavy (non-hydrogen) atoms. The molecule has 4 heteroatoms. The first-order valence-electron chi connectivity index (χ1n) is 7.78. The fourth-order valence-electron chi connectivity index (χ4n) is 2.93. The van der Waals surface area contributed by atoms with Crippen LogP contribution in [-0.4, -0.2) is 24.8 Å². The van der Waals surface area contributed by atoms with Crippen molar-refractivity contribution in [1.82, 2.24) is 0 Å². The number of benzene rings is 2. The van der Waals surface area contributed by atoms with E-state index in [0.717, 1.165) is 23.2 Å². The number of anilines is 1. The summed E-state index contributed by atoms with van der Waals surface area (Å²) in [5.41, 5.74) is 4.29. The highest BCUT2D eigenvalue weighted by Gasteiger charge is 2.30. The molecule has 1 heterocycles. The molecule has 0 fully saturated rings. The number of fused-ring (bicyclic) bond motifs is 1. The quantitative estimate of drug-likeness (QED) is 0.642. The lowest BCUT2D eigenvalue weighted by Crippen LogP contribution is -2.37. The summed E-state index contributed by atoms with van der Waals surface area (Å²) in [6.07, 6.45) is 2.53. The van der Waals surface area contributed by atoms with Crippen molar-refractivity contribution in [2.24, 2.45) is 5.16 Å². The Morgan fingerprint density at radius 1 is 1.26 bits per heavy atom. The summed E-state index contributed by atoms with van der Waals surface area (Å²) in [6.45, 7) is 4.00. The third-order valence-electron chi connectivity index (χ3n) is 4.12. The van der Waals surface area contributed by atoms with Crippen molar-refractivity contribution in [1.29, 1.82) is 0 Å². The van der Waals surface area contributed by atoms with Gasteiger partial charge in [0.1, 0.15) is 0 Å². The van der Waals surface area contributed by atoms with Crippen LogP contribution in [0.25, 0.3) is 0 Å². The maximum atomic E-state index is 12.4. The third-order valence-corrected chi connectivity index (χ3v) is 4.12. The predicted molar refractivity (Wildman–Crippen MR) is 91.8 cm³/mol. The maximum absolute atomic E-state index is 12.4. The van der Waals surface area contributed by atoms with Gasteiger partial charge in [-0.15, -0.1) is 0 Å². The number of carbonyl (C=O) groups is 1. The Balaban J connectivity index is 1.61. The van der Waals surface area contributed by atoms with Crippen LogP contribution < -0.4 is 4.90 Å². The molecule has 4 nitrogen and oxygen atoms in total. The zero-order valence-corrected chi connectivity index (χ0v) is 13.4. The molecule has 0 aromatic heterocycles. The van der Waals surface area contributed by atoms with Crippen molar-refractivity contribution in [3.05, 3.63) is 65.2 Å². The molecule has 0 aliphatic carbocycles. The largest absolute Gasteiger partial charge is 0.386 e. The van der Waals surface area contributed by atoms with E-state index in [2.05, 4.69) is 18.1 Å². The summed E-state index contributed by atoms with van der Waals surface area (Å²) in [5, 5.41) is 3.92. The molecule has 0 N–H and O–H groups in total. The molecule has 0 saturated carbocycles. The van der Waals surface area contributed by atoms with E-state index in [1.807, 2.05) is 49.4 Å². The third kappa shape index (κ3) is 3.26. The summed E-state index contributed by atoms with van der Waals surface area (Å²) in [6, 6.07) is 16.0. The van der Waals surface area contributed by atoms with Crippen LogP contribution in [-0.2, 0) is 16.1 Å². The van der Waals surface area contributed by atoms with E-state index in [4.69, 9.17) is 4.84 Å². The summed E-state index contributed by atoms with van der Waals surface area (Å²) in [5.74, 6) is -0.0654. The normalized spacial score (nSPS) is 16.6. The number of hydrogen-bond donors (Lipinski definition) is 0. The standard InChI is InChI=1S/C19H20N2O2/c1-14-7-3-4-9-17(14)12-20-23-13-19(22)21-15(2)11-16-8-5-6-10-18(16)21/h3-10,12,15H,11,13H2,1-2H3/b20-12-/t15-/m1/s1. The van der Waals surface area contributed by atoms with Crippen molar-refractivity contribution in [3.63, 3.8) is 0 Å². The van der Waals surface area contributed by atoms with Crippen LogP contribution in [0.15, 0.2) is 53.7 Å². The monoisotopic (exact) mass is 308 g/mol. The first-order valence-corrected chi connectivity index (χ1v) is 7.78. The Labute approximate surface area is 136 Å². The minimum atomic E-state index is -0.0654. The van der Waals surface area contributed by atoms with Crippen LogP contribution in [0.5, 0.6) is 0 Å². The molecule has 0 unspecified atom stereocenters. The van der Waals surface area contributed by atoms with Gasteiger partial charge in [0.25, 0.3) is 5.91 Å². The van der Waals surface area contributed by atoms with Gasteiger partial charge in [0.2, 0.25) is 0 Å². The van der Waals surface area contributed by atoms with Gasteiger partial charge in [-0.05, 0) is 43.0 Å². The molecule has 2 aromatic rings. The van der Waals surface area contributed by atoms with E-state index in [1.54, 1.807) is 11.1 Å². The Bertz CT molecular complexity index is 740. The van der Waals surface area contributed by atoms with E-state index in [1.165, 1.54) is 5.56 Å². The van der Waals surface area contributed by atoms with Gasteiger partial charge in [-0.2, -0.15) is 0 Å². The van der Waals surface area contributed by atoms with Crippen molar-refractivity contribution < 1.29 is 9.63 Å². The maximum Gasteiger partial charge on any atom is 0.268 e. The number of rotatable bonds is 4. The molecule has 1 amide bonds. The Hall–Kier alpha value is -2.62. The van der Waals surface area contributed by atoms with Gasteiger partial charge in [-0.25, -0.2) is 0 Å². The Morgan fingerprint density at radius 3 is 2.83 bits per heavy atom. The highest BCUT2D eigenvalue weighted by molar-refractivity contribution is 5.97. The molecular formula is C19H20N2O2. The molecule has 1 atom stereocenters. The fraction of sp³-hybridized carbons (Fsp3) is 0.263. The van der Waals surface area contributed by atoms with Crippen LogP contribution >= 0.6 is 0 Å². The summed E-state index contributed by atoms with van der Waals surface area (Å²) >= 11 is 0. The van der Waals surface area contributed by atoms with E-state index < -0.39 is 0 Å². The lowest BCUT2D eigenvalue weighted by molar-refractivity contribution is -0.123. The molecule has 2 aromatic carbocycles. The van der Waals surface area contributed by atoms with Crippen molar-refractivity contribution >= 4 is 17.8 Å². The lowest BCUT2D eigenvalue weighted by atomic mass is 10.1. The number of amides is 1. The number of para-hydroxylation sites is 1. The topological polar surface area (TPSA) is 41.9 Å². The second-order valence-corrected chi connectivity index (χ2v) is 5.81. The SMILES string of the molecule is Cc1ccccc1/C=N\OCC(=O)N1c2ccccc2C[C@H]1C. The van der Waals surface area contributed by atoms with Crippen molar-refractivity contribution in [3.8, 4) is 0 Å². The van der Waals surface area contributed by atoms with E-state index in [0.29, 0.717) is 0 Å². The molecule has 0 bridgehead atoms. The van der Waals surface area contributed by atoms with Crippen LogP contribution in [0, 0.1) is 6.92 Å². The van der Waals surface area contributed by atoms with Gasteiger partial charge in [0, 0.05) is 11.7 Å². The van der Waals surface area contributed by atoms with Crippen molar-refractivity contribution in [2.75, 3.05) is 11.5 Å². The Morgan fingerprint density at radius 2 is 2.00 bits per heavy atom. The van der Waals surface area contributed by atoms with Crippen LogP contribution in [0.1, 0.15) is 23.6 Å². The average Bonchev–Trinajstić information content (AvgIpc) is 2.88. The van der Waals surface area contributed by atoms with E-state index in [9.17, 15) is 4.79 Å². The second-order valence-electron chi connectivity index (χ2n) is 5.81.